The number of allylic oxidation sites excluding steroid dienone is 1. The Morgan fingerprint density at radius 1 is 1.25 bits per heavy atom. The summed E-state index contributed by atoms with van der Waals surface area (Å²) in [5.41, 5.74) is 0.392. The molecule has 0 amide bonds. The number of carbonyl (C=O) groups excluding carboxylic acids is 1. The van der Waals surface area contributed by atoms with Gasteiger partial charge in [0.2, 0.25) is 5.12 Å². The molecule has 2 heterocycles. The molecule has 28 heavy (non-hydrogen) atoms. The number of carboxylic acid groups (broad SMARTS) is 1. The van der Waals surface area contributed by atoms with Gasteiger partial charge in [-0.1, -0.05) is 62.0 Å². The van der Waals surface area contributed by atoms with Crippen LogP contribution in [-0.2, 0) is 21.4 Å². The number of furan rings is 1. The van der Waals surface area contributed by atoms with Crippen molar-refractivity contribution < 1.29 is 19.1 Å². The monoisotopic (exact) mass is 396 g/mol. The number of carbonyl (C=O) groups is 2. The molecule has 1 aromatic carbocycles. The number of thioether (sulfide) groups is 1. The molecule has 0 bridgehead atoms. The van der Waals surface area contributed by atoms with Crippen molar-refractivity contribution in [1.29, 1.82) is 0 Å². The summed E-state index contributed by atoms with van der Waals surface area (Å²) in [6.45, 7) is 5.71. The normalized spacial score (nSPS) is 30.0. The van der Waals surface area contributed by atoms with Crippen molar-refractivity contribution in [1.82, 2.24) is 0 Å². The van der Waals surface area contributed by atoms with E-state index in [2.05, 4.69) is 0 Å². The predicted molar refractivity (Wildman–Crippen MR) is 109 cm³/mol. The predicted octanol–water partition coefficient (Wildman–Crippen LogP) is 4.83. The first-order valence-electron chi connectivity index (χ1n) is 9.48. The molecule has 1 N–H and O–H groups in total. The van der Waals surface area contributed by atoms with Crippen LogP contribution in [0, 0.1) is 10.8 Å². The SMILES string of the molecule is CC1(C)[C@@](C)(C(=O)O)[C@]1(C=C1CCSC1=O)c1coc(Cc2ccccc2)c1. The lowest BCUT2D eigenvalue weighted by Gasteiger charge is -2.16. The molecule has 4 rings (SSSR count). The van der Waals surface area contributed by atoms with Crippen LogP contribution < -0.4 is 0 Å². The third-order valence-corrected chi connectivity index (χ3v) is 7.91. The second-order valence-electron chi connectivity index (χ2n) is 8.38. The highest BCUT2D eigenvalue weighted by Gasteiger charge is 2.83. The third-order valence-electron chi connectivity index (χ3n) is 6.98. The summed E-state index contributed by atoms with van der Waals surface area (Å²) in [4.78, 5) is 24.6. The van der Waals surface area contributed by atoms with Crippen LogP contribution in [0.2, 0.25) is 0 Å². The van der Waals surface area contributed by atoms with Gasteiger partial charge in [-0.15, -0.1) is 0 Å². The zero-order valence-corrected chi connectivity index (χ0v) is 17.1. The van der Waals surface area contributed by atoms with Gasteiger partial charge in [0.15, 0.2) is 0 Å². The fourth-order valence-electron chi connectivity index (χ4n) is 4.94. The zero-order valence-electron chi connectivity index (χ0n) is 16.3. The summed E-state index contributed by atoms with van der Waals surface area (Å²) in [5, 5.41) is 10.1. The first-order chi connectivity index (χ1) is 13.2. The fourth-order valence-corrected chi connectivity index (χ4v) is 5.80. The Kier molecular flexibility index (Phi) is 4.34. The van der Waals surface area contributed by atoms with Gasteiger partial charge < -0.3 is 9.52 Å². The molecule has 1 aliphatic heterocycles. The van der Waals surface area contributed by atoms with E-state index in [1.807, 2.05) is 56.3 Å². The Morgan fingerprint density at radius 2 is 1.96 bits per heavy atom. The summed E-state index contributed by atoms with van der Waals surface area (Å²) in [6.07, 6.45) is 4.94. The summed E-state index contributed by atoms with van der Waals surface area (Å²) < 4.78 is 5.84. The van der Waals surface area contributed by atoms with E-state index in [0.29, 0.717) is 12.8 Å². The van der Waals surface area contributed by atoms with Gasteiger partial charge in [0.25, 0.3) is 0 Å². The Labute approximate surface area is 169 Å². The van der Waals surface area contributed by atoms with Gasteiger partial charge in [0.05, 0.1) is 11.7 Å². The molecule has 4 nitrogen and oxygen atoms in total. The topological polar surface area (TPSA) is 67.5 Å². The van der Waals surface area contributed by atoms with E-state index in [1.54, 1.807) is 13.2 Å². The van der Waals surface area contributed by atoms with Crippen molar-refractivity contribution in [2.75, 3.05) is 5.75 Å². The summed E-state index contributed by atoms with van der Waals surface area (Å²) in [5.74, 6) is 0.704. The third kappa shape index (κ3) is 2.45. The average Bonchev–Trinajstić information content (AvgIpc) is 3.12. The van der Waals surface area contributed by atoms with Gasteiger partial charge in [-0.25, -0.2) is 0 Å². The van der Waals surface area contributed by atoms with Crippen molar-refractivity contribution in [3.63, 3.8) is 0 Å². The number of aliphatic carboxylic acids is 1. The van der Waals surface area contributed by atoms with Crippen LogP contribution in [0.5, 0.6) is 0 Å². The summed E-state index contributed by atoms with van der Waals surface area (Å²) in [7, 11) is 0. The lowest BCUT2D eigenvalue weighted by atomic mass is 9.84. The summed E-state index contributed by atoms with van der Waals surface area (Å²) in [6, 6.07) is 12.0. The van der Waals surface area contributed by atoms with E-state index in [4.69, 9.17) is 4.42 Å². The molecule has 5 heteroatoms. The van der Waals surface area contributed by atoms with Crippen molar-refractivity contribution in [2.45, 2.75) is 39.0 Å². The first-order valence-corrected chi connectivity index (χ1v) is 10.5. The quantitative estimate of drug-likeness (QED) is 0.733. The molecule has 2 aromatic rings. The molecule has 1 saturated carbocycles. The lowest BCUT2D eigenvalue weighted by molar-refractivity contribution is -0.144. The Bertz CT molecular complexity index is 971. The number of hydrogen-bond donors (Lipinski definition) is 1. The van der Waals surface area contributed by atoms with Crippen LogP contribution in [0.4, 0.5) is 0 Å². The van der Waals surface area contributed by atoms with E-state index in [-0.39, 0.29) is 5.12 Å². The highest BCUT2D eigenvalue weighted by atomic mass is 32.2. The Balaban J connectivity index is 1.78. The molecule has 2 atom stereocenters. The molecule has 2 fully saturated rings. The number of carboxylic acids is 1. The van der Waals surface area contributed by atoms with Crippen molar-refractivity contribution in [3.8, 4) is 0 Å². The van der Waals surface area contributed by atoms with E-state index < -0.39 is 22.2 Å². The standard InChI is InChI=1S/C23H24O4S/c1-21(2)22(3,20(25)26)23(21,13-16-9-10-28-19(16)24)17-12-18(27-14-17)11-15-7-5-4-6-8-15/h4-8,12-14H,9-11H2,1-3H3,(H,25,26)/t22-,23-/m1/s1. The molecule has 0 radical (unpaired) electrons. The molecule has 2 aliphatic rings. The fraction of sp³-hybridized carbons (Fsp3) is 0.391. The van der Waals surface area contributed by atoms with Gasteiger partial charge in [-0.3, -0.25) is 9.59 Å². The van der Waals surface area contributed by atoms with Gasteiger partial charge in [0.1, 0.15) is 5.76 Å². The van der Waals surface area contributed by atoms with Crippen LogP contribution in [-0.4, -0.2) is 21.9 Å². The number of benzene rings is 1. The summed E-state index contributed by atoms with van der Waals surface area (Å²) >= 11 is 1.31. The maximum absolute atomic E-state index is 12.3. The molecular weight excluding hydrogens is 372 g/mol. The molecule has 1 aromatic heterocycles. The van der Waals surface area contributed by atoms with Crippen LogP contribution >= 0.6 is 11.8 Å². The van der Waals surface area contributed by atoms with Gasteiger partial charge in [0, 0.05) is 28.7 Å². The van der Waals surface area contributed by atoms with Gasteiger partial charge in [-0.05, 0) is 30.4 Å². The Morgan fingerprint density at radius 3 is 2.54 bits per heavy atom. The second-order valence-corrected chi connectivity index (χ2v) is 9.45. The molecule has 0 spiro atoms. The van der Waals surface area contributed by atoms with Crippen molar-refractivity contribution in [2.24, 2.45) is 10.8 Å². The number of hydrogen-bond acceptors (Lipinski definition) is 4. The smallest absolute Gasteiger partial charge is 0.311 e. The average molecular weight is 397 g/mol. The zero-order chi connectivity index (χ0) is 20.2. The minimum atomic E-state index is -1.01. The van der Waals surface area contributed by atoms with Crippen LogP contribution in [0.3, 0.4) is 0 Å². The largest absolute Gasteiger partial charge is 0.481 e. The minimum Gasteiger partial charge on any atom is -0.481 e. The van der Waals surface area contributed by atoms with E-state index in [0.717, 1.165) is 28.2 Å². The molecule has 1 saturated heterocycles. The second kappa shape index (κ2) is 6.38. The molecule has 1 aliphatic carbocycles. The van der Waals surface area contributed by atoms with Crippen LogP contribution in [0.15, 0.2) is 58.7 Å². The minimum absolute atomic E-state index is 0.0582. The number of rotatable bonds is 5. The van der Waals surface area contributed by atoms with E-state index in [1.165, 1.54) is 11.8 Å². The first kappa shape index (κ1) is 19.1. The molecule has 146 valence electrons. The van der Waals surface area contributed by atoms with Gasteiger partial charge in [-0.2, -0.15) is 0 Å². The lowest BCUT2D eigenvalue weighted by Crippen LogP contribution is -2.22. The van der Waals surface area contributed by atoms with Crippen molar-refractivity contribution >= 4 is 22.8 Å². The molecule has 0 unspecified atom stereocenters. The highest BCUT2D eigenvalue weighted by molar-refractivity contribution is 8.14. The van der Waals surface area contributed by atoms with Crippen molar-refractivity contribution in [3.05, 3.63) is 71.2 Å². The van der Waals surface area contributed by atoms with Crippen LogP contribution in [0.25, 0.3) is 0 Å². The van der Waals surface area contributed by atoms with E-state index in [9.17, 15) is 14.7 Å². The highest BCUT2D eigenvalue weighted by Crippen LogP contribution is 2.79. The van der Waals surface area contributed by atoms with Crippen LogP contribution in [0.1, 0.15) is 44.1 Å². The van der Waals surface area contributed by atoms with E-state index >= 15 is 0 Å². The molecular formula is C23H24O4S. The Hall–Kier alpha value is -2.27. The van der Waals surface area contributed by atoms with Gasteiger partial charge >= 0.3 is 5.97 Å². The maximum atomic E-state index is 12.3. The maximum Gasteiger partial charge on any atom is 0.311 e.